The molecule has 58 valence electrons. The van der Waals surface area contributed by atoms with Gasteiger partial charge in [-0.05, 0) is 12.5 Å². The number of hydrogen-bond donors (Lipinski definition) is 1. The molecule has 1 saturated heterocycles. The molecule has 0 atom stereocenters. The second-order valence-electron chi connectivity index (χ2n) is 2.32. The molecule has 1 amide bonds. The van der Waals surface area contributed by atoms with Crippen LogP contribution in [0, 0.1) is 0 Å². The van der Waals surface area contributed by atoms with Crippen molar-refractivity contribution in [2.45, 2.75) is 12.8 Å². The highest BCUT2D eigenvalue weighted by atomic mass is 16.2. The van der Waals surface area contributed by atoms with E-state index in [0.29, 0.717) is 18.5 Å². The van der Waals surface area contributed by atoms with Crippen molar-refractivity contribution in [2.75, 3.05) is 0 Å². The van der Waals surface area contributed by atoms with Gasteiger partial charge in [0.15, 0.2) is 5.78 Å². The Kier molecular flexibility index (Phi) is 2.21. The third-order valence-corrected chi connectivity index (χ3v) is 1.44. The van der Waals surface area contributed by atoms with E-state index in [1.54, 1.807) is 0 Å². The fourth-order valence-electron chi connectivity index (χ4n) is 0.891. The highest BCUT2D eigenvalue weighted by Crippen LogP contribution is 2.09. The Balaban J connectivity index is 2.61. The van der Waals surface area contributed by atoms with Crippen LogP contribution in [0.2, 0.25) is 0 Å². The second-order valence-corrected chi connectivity index (χ2v) is 2.32. The molecule has 1 fully saturated rings. The fourth-order valence-corrected chi connectivity index (χ4v) is 0.891. The van der Waals surface area contributed by atoms with E-state index in [2.05, 4.69) is 11.9 Å². The summed E-state index contributed by atoms with van der Waals surface area (Å²) < 4.78 is 0. The number of allylic oxidation sites excluding steroid dienone is 3. The summed E-state index contributed by atoms with van der Waals surface area (Å²) in [5.41, 5.74) is 0.694. The van der Waals surface area contributed by atoms with Crippen LogP contribution in [0.5, 0.6) is 0 Å². The summed E-state index contributed by atoms with van der Waals surface area (Å²) in [6, 6.07) is 0. The van der Waals surface area contributed by atoms with Crippen LogP contribution in [0.25, 0.3) is 0 Å². The van der Waals surface area contributed by atoms with Crippen molar-refractivity contribution in [3.63, 3.8) is 0 Å². The summed E-state index contributed by atoms with van der Waals surface area (Å²) in [5, 5.41) is 2.57. The third kappa shape index (κ3) is 2.04. The number of carbonyl (C=O) groups is 2. The standard InChI is InChI=1S/C8H9NO2/c1-2-7(10)5-6-3-4-8(11)9-6/h2,5H,1,3-4H2,(H,9,11)/b6-5-. The fraction of sp³-hybridized carbons (Fsp3) is 0.250. The Morgan fingerprint density at radius 3 is 2.73 bits per heavy atom. The molecule has 0 saturated carbocycles. The highest BCUT2D eigenvalue weighted by molar-refractivity contribution is 6.00. The Bertz CT molecular complexity index is 240. The molecular weight excluding hydrogens is 142 g/mol. The van der Waals surface area contributed by atoms with Crippen LogP contribution in [-0.2, 0) is 9.59 Å². The van der Waals surface area contributed by atoms with Crippen LogP contribution < -0.4 is 5.32 Å². The quantitative estimate of drug-likeness (QED) is 0.585. The van der Waals surface area contributed by atoms with Gasteiger partial charge < -0.3 is 5.32 Å². The average molecular weight is 151 g/mol. The Morgan fingerprint density at radius 1 is 1.55 bits per heavy atom. The van der Waals surface area contributed by atoms with Crippen LogP contribution in [0.15, 0.2) is 24.4 Å². The molecule has 3 nitrogen and oxygen atoms in total. The first-order chi connectivity index (χ1) is 5.22. The van der Waals surface area contributed by atoms with E-state index in [9.17, 15) is 9.59 Å². The van der Waals surface area contributed by atoms with Gasteiger partial charge in [0.05, 0.1) is 0 Å². The van der Waals surface area contributed by atoms with Crippen LogP contribution in [0.4, 0.5) is 0 Å². The van der Waals surface area contributed by atoms with Crippen molar-refractivity contribution in [1.82, 2.24) is 5.32 Å². The van der Waals surface area contributed by atoms with Gasteiger partial charge in [0.1, 0.15) is 0 Å². The molecule has 0 aliphatic carbocycles. The minimum atomic E-state index is -0.165. The lowest BCUT2D eigenvalue weighted by Crippen LogP contribution is -2.12. The number of ketones is 1. The van der Waals surface area contributed by atoms with Crippen LogP contribution >= 0.6 is 0 Å². The van der Waals surface area contributed by atoms with Crippen molar-refractivity contribution >= 4 is 11.7 Å². The number of nitrogens with one attached hydrogen (secondary N) is 1. The molecular formula is C8H9NO2. The maximum Gasteiger partial charge on any atom is 0.224 e. The Morgan fingerprint density at radius 2 is 2.27 bits per heavy atom. The van der Waals surface area contributed by atoms with E-state index in [4.69, 9.17) is 0 Å². The van der Waals surface area contributed by atoms with Gasteiger partial charge in [-0.2, -0.15) is 0 Å². The summed E-state index contributed by atoms with van der Waals surface area (Å²) in [5.74, 6) is -0.185. The summed E-state index contributed by atoms with van der Waals surface area (Å²) in [6.07, 6.45) is 3.74. The van der Waals surface area contributed by atoms with E-state index in [0.717, 1.165) is 0 Å². The van der Waals surface area contributed by atoms with Crippen molar-refractivity contribution < 1.29 is 9.59 Å². The molecule has 0 bridgehead atoms. The molecule has 1 heterocycles. The average Bonchev–Trinajstić information content (AvgIpc) is 2.35. The summed E-state index contributed by atoms with van der Waals surface area (Å²) in [4.78, 5) is 21.4. The van der Waals surface area contributed by atoms with Crippen LogP contribution in [0.3, 0.4) is 0 Å². The van der Waals surface area contributed by atoms with Gasteiger partial charge in [-0.15, -0.1) is 0 Å². The van der Waals surface area contributed by atoms with Crippen molar-refractivity contribution in [3.8, 4) is 0 Å². The zero-order valence-corrected chi connectivity index (χ0v) is 6.09. The van der Waals surface area contributed by atoms with Gasteiger partial charge in [0.2, 0.25) is 5.91 Å². The maximum absolute atomic E-state index is 10.7. The Hall–Kier alpha value is -1.38. The molecule has 0 unspecified atom stereocenters. The molecule has 1 aliphatic rings. The molecule has 1 aliphatic heterocycles. The second kappa shape index (κ2) is 3.14. The van der Waals surface area contributed by atoms with E-state index >= 15 is 0 Å². The van der Waals surface area contributed by atoms with Crippen LogP contribution in [0.1, 0.15) is 12.8 Å². The van der Waals surface area contributed by atoms with Gasteiger partial charge >= 0.3 is 0 Å². The van der Waals surface area contributed by atoms with Crippen molar-refractivity contribution in [2.24, 2.45) is 0 Å². The zero-order valence-electron chi connectivity index (χ0n) is 6.09. The number of amides is 1. The first-order valence-corrected chi connectivity index (χ1v) is 3.39. The Labute approximate surface area is 64.8 Å². The molecule has 1 N–H and O–H groups in total. The predicted octanol–water partition coefficient (Wildman–Crippen LogP) is 0.535. The SMILES string of the molecule is C=CC(=O)/C=C1/CCC(=O)N1. The van der Waals surface area contributed by atoms with Gasteiger partial charge in [0, 0.05) is 18.2 Å². The number of hydrogen-bond acceptors (Lipinski definition) is 2. The number of rotatable bonds is 2. The van der Waals surface area contributed by atoms with Gasteiger partial charge in [0.25, 0.3) is 0 Å². The van der Waals surface area contributed by atoms with E-state index < -0.39 is 0 Å². The molecule has 0 aromatic rings. The highest BCUT2D eigenvalue weighted by Gasteiger charge is 2.13. The lowest BCUT2D eigenvalue weighted by molar-refractivity contribution is -0.118. The summed E-state index contributed by atoms with van der Waals surface area (Å²) in [6.45, 7) is 3.31. The number of carbonyl (C=O) groups excluding carboxylic acids is 2. The lowest BCUT2D eigenvalue weighted by atomic mass is 10.2. The minimum absolute atomic E-state index is 0.0203. The summed E-state index contributed by atoms with van der Waals surface area (Å²) >= 11 is 0. The van der Waals surface area contributed by atoms with E-state index in [1.165, 1.54) is 12.2 Å². The molecule has 0 spiro atoms. The minimum Gasteiger partial charge on any atom is -0.330 e. The first kappa shape index (κ1) is 7.72. The summed E-state index contributed by atoms with van der Waals surface area (Å²) in [7, 11) is 0. The molecule has 1 rings (SSSR count). The largest absolute Gasteiger partial charge is 0.330 e. The van der Waals surface area contributed by atoms with Crippen molar-refractivity contribution in [3.05, 3.63) is 24.4 Å². The maximum atomic E-state index is 10.7. The predicted molar refractivity (Wildman–Crippen MR) is 40.7 cm³/mol. The van der Waals surface area contributed by atoms with Crippen molar-refractivity contribution in [1.29, 1.82) is 0 Å². The molecule has 0 aromatic heterocycles. The van der Waals surface area contributed by atoms with Gasteiger partial charge in [-0.1, -0.05) is 6.58 Å². The van der Waals surface area contributed by atoms with E-state index in [1.807, 2.05) is 0 Å². The molecule has 0 aromatic carbocycles. The first-order valence-electron chi connectivity index (χ1n) is 3.39. The van der Waals surface area contributed by atoms with Gasteiger partial charge in [-0.3, -0.25) is 9.59 Å². The topological polar surface area (TPSA) is 46.2 Å². The van der Waals surface area contributed by atoms with E-state index in [-0.39, 0.29) is 11.7 Å². The zero-order chi connectivity index (χ0) is 8.27. The molecule has 3 heteroatoms. The molecule has 11 heavy (non-hydrogen) atoms. The molecule has 0 radical (unpaired) electrons. The normalized spacial score (nSPS) is 20.0. The third-order valence-electron chi connectivity index (χ3n) is 1.44. The van der Waals surface area contributed by atoms with Gasteiger partial charge in [-0.25, -0.2) is 0 Å². The monoisotopic (exact) mass is 151 g/mol. The van der Waals surface area contributed by atoms with Crippen LogP contribution in [-0.4, -0.2) is 11.7 Å². The lowest BCUT2D eigenvalue weighted by Gasteiger charge is -1.92. The smallest absolute Gasteiger partial charge is 0.224 e.